The third kappa shape index (κ3) is 7.88. The molecule has 0 bridgehead atoms. The van der Waals surface area contributed by atoms with Gasteiger partial charge in [0.1, 0.15) is 5.60 Å². The number of nitrogens with one attached hydrogen (secondary N) is 2. The van der Waals surface area contributed by atoms with Gasteiger partial charge in [-0.1, -0.05) is 29.3 Å². The van der Waals surface area contributed by atoms with Crippen molar-refractivity contribution in [3.8, 4) is 0 Å². The van der Waals surface area contributed by atoms with Gasteiger partial charge in [0.05, 0.1) is 6.04 Å². The molecule has 1 aromatic carbocycles. The monoisotopic (exact) mass is 374 g/mol. The summed E-state index contributed by atoms with van der Waals surface area (Å²) >= 11 is 12.0. The summed E-state index contributed by atoms with van der Waals surface area (Å²) in [6.45, 7) is 7.61. The molecule has 0 spiro atoms. The van der Waals surface area contributed by atoms with Gasteiger partial charge in [-0.2, -0.15) is 0 Å². The predicted molar refractivity (Wildman–Crippen MR) is 96.5 cm³/mol. The molecule has 1 aromatic rings. The van der Waals surface area contributed by atoms with E-state index in [1.165, 1.54) is 0 Å². The molecular weight excluding hydrogens is 351 g/mol. The largest absolute Gasteiger partial charge is 0.444 e. The minimum absolute atomic E-state index is 0.112. The zero-order valence-corrected chi connectivity index (χ0v) is 15.9. The summed E-state index contributed by atoms with van der Waals surface area (Å²) in [6, 6.07) is 4.95. The lowest BCUT2D eigenvalue weighted by atomic mass is 10.1. The fraction of sp³-hybridized carbons (Fsp3) is 0.529. The van der Waals surface area contributed by atoms with Crippen molar-refractivity contribution in [2.24, 2.45) is 0 Å². The molecule has 0 aromatic heterocycles. The Balaban J connectivity index is 2.32. The molecule has 0 unspecified atom stereocenters. The van der Waals surface area contributed by atoms with Gasteiger partial charge in [-0.3, -0.25) is 4.79 Å². The van der Waals surface area contributed by atoms with E-state index in [4.69, 9.17) is 27.9 Å². The molecule has 0 saturated carbocycles. The minimum Gasteiger partial charge on any atom is -0.444 e. The number of benzene rings is 1. The average molecular weight is 375 g/mol. The van der Waals surface area contributed by atoms with Crippen molar-refractivity contribution < 1.29 is 14.3 Å². The van der Waals surface area contributed by atoms with Gasteiger partial charge in [-0.05, 0) is 51.8 Å². The van der Waals surface area contributed by atoms with E-state index in [1.807, 2.05) is 6.92 Å². The van der Waals surface area contributed by atoms with Crippen LogP contribution in [0, 0.1) is 0 Å². The maximum absolute atomic E-state index is 12.0. The molecular formula is C17H24Cl2N2O3. The summed E-state index contributed by atoms with van der Waals surface area (Å²) in [4.78, 5) is 23.4. The molecule has 1 rings (SSSR count). The third-order valence-electron chi connectivity index (χ3n) is 3.06. The molecule has 0 aliphatic heterocycles. The molecule has 5 nitrogen and oxygen atoms in total. The normalized spacial score (nSPS) is 12.4. The zero-order chi connectivity index (χ0) is 18.3. The Morgan fingerprint density at radius 3 is 2.50 bits per heavy atom. The van der Waals surface area contributed by atoms with E-state index < -0.39 is 11.7 Å². The Labute approximate surface area is 153 Å². The topological polar surface area (TPSA) is 67.4 Å². The van der Waals surface area contributed by atoms with Gasteiger partial charge in [0.2, 0.25) is 5.91 Å². The minimum atomic E-state index is -0.533. The van der Waals surface area contributed by atoms with Crippen LogP contribution in [-0.4, -0.2) is 24.1 Å². The van der Waals surface area contributed by atoms with E-state index >= 15 is 0 Å². The molecule has 0 radical (unpaired) electrons. The Bertz CT molecular complexity index is 586. The van der Waals surface area contributed by atoms with Gasteiger partial charge in [0.25, 0.3) is 0 Å². The van der Waals surface area contributed by atoms with Gasteiger partial charge in [0, 0.05) is 23.0 Å². The quantitative estimate of drug-likeness (QED) is 0.721. The highest BCUT2D eigenvalue weighted by Crippen LogP contribution is 2.26. The Kier molecular flexibility index (Phi) is 7.84. The van der Waals surface area contributed by atoms with Crippen LogP contribution >= 0.6 is 23.2 Å². The van der Waals surface area contributed by atoms with Crippen LogP contribution in [0.2, 0.25) is 10.0 Å². The second kappa shape index (κ2) is 9.14. The second-order valence-electron chi connectivity index (χ2n) is 6.49. The first-order chi connectivity index (χ1) is 11.1. The SMILES string of the molecule is C[C@@H](NC(=O)CCCNC(=O)OC(C)(C)C)c1ccc(Cl)cc1Cl. The Hall–Kier alpha value is -1.46. The highest BCUT2D eigenvalue weighted by atomic mass is 35.5. The predicted octanol–water partition coefficient (Wildman–Crippen LogP) is 4.48. The molecule has 2 N–H and O–H groups in total. The summed E-state index contributed by atoms with van der Waals surface area (Å²) in [5.74, 6) is -0.112. The highest BCUT2D eigenvalue weighted by molar-refractivity contribution is 6.35. The van der Waals surface area contributed by atoms with Crippen molar-refractivity contribution in [1.29, 1.82) is 0 Å². The van der Waals surface area contributed by atoms with Crippen LogP contribution in [0.25, 0.3) is 0 Å². The summed E-state index contributed by atoms with van der Waals surface area (Å²) in [6.07, 6.45) is 0.335. The molecule has 24 heavy (non-hydrogen) atoms. The molecule has 134 valence electrons. The first-order valence-electron chi connectivity index (χ1n) is 7.79. The number of ether oxygens (including phenoxy) is 1. The molecule has 7 heteroatoms. The van der Waals surface area contributed by atoms with E-state index in [0.717, 1.165) is 5.56 Å². The molecule has 0 aliphatic rings. The standard InChI is InChI=1S/C17H24Cl2N2O3/c1-11(13-8-7-12(18)10-14(13)19)21-15(22)6-5-9-20-16(23)24-17(2,3)4/h7-8,10-11H,5-6,9H2,1-4H3,(H,20,23)(H,21,22)/t11-/m1/s1. The molecule has 2 amide bonds. The lowest BCUT2D eigenvalue weighted by molar-refractivity contribution is -0.121. The van der Waals surface area contributed by atoms with E-state index in [1.54, 1.807) is 39.0 Å². The summed E-state index contributed by atoms with van der Waals surface area (Å²) < 4.78 is 5.11. The Morgan fingerprint density at radius 2 is 1.92 bits per heavy atom. The molecule has 0 aliphatic carbocycles. The highest BCUT2D eigenvalue weighted by Gasteiger charge is 2.16. The smallest absolute Gasteiger partial charge is 0.407 e. The number of carbonyl (C=O) groups excluding carboxylic acids is 2. The first kappa shape index (κ1) is 20.6. The fourth-order valence-electron chi connectivity index (χ4n) is 2.00. The second-order valence-corrected chi connectivity index (χ2v) is 7.33. The third-order valence-corrected chi connectivity index (χ3v) is 3.62. The van der Waals surface area contributed by atoms with Crippen LogP contribution < -0.4 is 10.6 Å². The van der Waals surface area contributed by atoms with Gasteiger partial charge in [-0.15, -0.1) is 0 Å². The number of halogens is 2. The van der Waals surface area contributed by atoms with Crippen molar-refractivity contribution in [1.82, 2.24) is 10.6 Å². The van der Waals surface area contributed by atoms with Crippen molar-refractivity contribution in [2.75, 3.05) is 6.54 Å². The molecule has 1 atom stereocenters. The van der Waals surface area contributed by atoms with E-state index in [9.17, 15) is 9.59 Å². The van der Waals surface area contributed by atoms with Gasteiger partial charge in [0.15, 0.2) is 0 Å². The maximum Gasteiger partial charge on any atom is 0.407 e. The average Bonchev–Trinajstić information content (AvgIpc) is 2.41. The van der Waals surface area contributed by atoms with Crippen molar-refractivity contribution >= 4 is 35.2 Å². The molecule has 0 saturated heterocycles. The Morgan fingerprint density at radius 1 is 1.25 bits per heavy atom. The van der Waals surface area contributed by atoms with Gasteiger partial charge < -0.3 is 15.4 Å². The molecule has 0 fully saturated rings. The maximum atomic E-state index is 12.0. The molecule has 0 heterocycles. The number of hydrogen-bond acceptors (Lipinski definition) is 3. The lowest BCUT2D eigenvalue weighted by Gasteiger charge is -2.19. The van der Waals surface area contributed by atoms with Crippen molar-refractivity contribution in [2.45, 2.75) is 52.2 Å². The summed E-state index contributed by atoms with van der Waals surface area (Å²) in [7, 11) is 0. The fourth-order valence-corrected chi connectivity index (χ4v) is 2.57. The van der Waals surface area contributed by atoms with E-state index in [0.29, 0.717) is 29.4 Å². The summed E-state index contributed by atoms with van der Waals surface area (Å²) in [5, 5.41) is 6.56. The van der Waals surface area contributed by atoms with E-state index in [-0.39, 0.29) is 11.9 Å². The number of amides is 2. The number of hydrogen-bond donors (Lipinski definition) is 2. The summed E-state index contributed by atoms with van der Waals surface area (Å²) in [5.41, 5.74) is 0.274. The van der Waals surface area contributed by atoms with Crippen molar-refractivity contribution in [3.63, 3.8) is 0 Å². The lowest BCUT2D eigenvalue weighted by Crippen LogP contribution is -2.33. The zero-order valence-electron chi connectivity index (χ0n) is 14.4. The number of alkyl carbamates (subject to hydrolysis) is 1. The first-order valence-corrected chi connectivity index (χ1v) is 8.55. The number of carbonyl (C=O) groups is 2. The van der Waals surface area contributed by atoms with Gasteiger partial charge >= 0.3 is 6.09 Å². The van der Waals surface area contributed by atoms with E-state index in [2.05, 4.69) is 10.6 Å². The van der Waals surface area contributed by atoms with Gasteiger partial charge in [-0.25, -0.2) is 4.79 Å². The van der Waals surface area contributed by atoms with Crippen LogP contribution in [0.3, 0.4) is 0 Å². The number of rotatable bonds is 6. The van der Waals surface area contributed by atoms with Crippen LogP contribution in [-0.2, 0) is 9.53 Å². The van der Waals surface area contributed by atoms with Crippen LogP contribution in [0.1, 0.15) is 52.1 Å². The van der Waals surface area contributed by atoms with Crippen LogP contribution in [0.15, 0.2) is 18.2 Å². The van der Waals surface area contributed by atoms with Crippen LogP contribution in [0.5, 0.6) is 0 Å². The van der Waals surface area contributed by atoms with Crippen LogP contribution in [0.4, 0.5) is 4.79 Å². The van der Waals surface area contributed by atoms with Crippen molar-refractivity contribution in [3.05, 3.63) is 33.8 Å².